The zero-order valence-electron chi connectivity index (χ0n) is 15.4. The van der Waals surface area contributed by atoms with Gasteiger partial charge < -0.3 is 19.5 Å². The molecule has 0 saturated carbocycles. The number of anilines is 1. The van der Waals surface area contributed by atoms with Crippen molar-refractivity contribution >= 4 is 5.95 Å². The minimum atomic E-state index is -0.115. The van der Waals surface area contributed by atoms with Crippen LogP contribution in [0, 0.1) is 0 Å². The summed E-state index contributed by atoms with van der Waals surface area (Å²) in [5, 5.41) is 15.6. The average molecular weight is 367 g/mol. The number of ether oxygens (including phenoxy) is 3. The quantitative estimate of drug-likeness (QED) is 0.742. The van der Waals surface area contributed by atoms with E-state index in [1.165, 1.54) is 5.56 Å². The Balaban J connectivity index is 1.81. The van der Waals surface area contributed by atoms with E-state index in [1.807, 2.05) is 30.3 Å². The fraction of sp³-hybridized carbons (Fsp3) is 0.316. The number of benzene rings is 2. The first-order chi connectivity index (χ1) is 13.3. The molecule has 0 fully saturated rings. The molecule has 1 N–H and O–H groups in total. The summed E-state index contributed by atoms with van der Waals surface area (Å²) < 4.78 is 18.4. The van der Waals surface area contributed by atoms with Crippen LogP contribution in [0.4, 0.5) is 5.95 Å². The van der Waals surface area contributed by atoms with Crippen molar-refractivity contribution in [3.8, 4) is 17.2 Å². The number of fused-ring (bicyclic) bond motifs is 1. The third-order valence-electron chi connectivity index (χ3n) is 4.85. The van der Waals surface area contributed by atoms with Gasteiger partial charge in [-0.05, 0) is 34.5 Å². The van der Waals surface area contributed by atoms with Crippen molar-refractivity contribution in [2.75, 3.05) is 26.6 Å². The van der Waals surface area contributed by atoms with Crippen molar-refractivity contribution in [1.29, 1.82) is 0 Å². The second kappa shape index (κ2) is 7.14. The summed E-state index contributed by atoms with van der Waals surface area (Å²) in [6.45, 7) is 0. The number of tetrazole rings is 1. The van der Waals surface area contributed by atoms with Crippen LogP contribution in [0.25, 0.3) is 0 Å². The number of nitrogens with one attached hydrogen (secondary N) is 1. The fourth-order valence-electron chi connectivity index (χ4n) is 3.59. The van der Waals surface area contributed by atoms with Gasteiger partial charge in [-0.15, -0.1) is 0 Å². The molecule has 0 amide bonds. The molecule has 4 rings (SSSR count). The first-order valence-corrected chi connectivity index (χ1v) is 8.65. The number of aromatic nitrogens is 4. The molecule has 0 aliphatic carbocycles. The van der Waals surface area contributed by atoms with Gasteiger partial charge in [-0.3, -0.25) is 0 Å². The van der Waals surface area contributed by atoms with E-state index in [2.05, 4.69) is 33.0 Å². The van der Waals surface area contributed by atoms with Crippen LogP contribution in [-0.4, -0.2) is 41.5 Å². The van der Waals surface area contributed by atoms with Crippen LogP contribution in [0.15, 0.2) is 42.5 Å². The van der Waals surface area contributed by atoms with Crippen LogP contribution in [0.5, 0.6) is 17.2 Å². The first-order valence-electron chi connectivity index (χ1n) is 8.65. The van der Waals surface area contributed by atoms with Crippen molar-refractivity contribution in [1.82, 2.24) is 20.2 Å². The normalized spacial score (nSPS) is 18.3. The van der Waals surface area contributed by atoms with Gasteiger partial charge in [0.2, 0.25) is 11.7 Å². The molecule has 8 heteroatoms. The lowest BCUT2D eigenvalue weighted by atomic mass is 9.92. The predicted molar refractivity (Wildman–Crippen MR) is 99.5 cm³/mol. The molecule has 27 heavy (non-hydrogen) atoms. The summed E-state index contributed by atoms with van der Waals surface area (Å²) in [5.41, 5.74) is 2.11. The maximum atomic E-state index is 5.69. The smallest absolute Gasteiger partial charge is 0.243 e. The molecule has 1 aliphatic rings. The fourth-order valence-corrected chi connectivity index (χ4v) is 3.59. The highest BCUT2D eigenvalue weighted by Gasteiger charge is 2.33. The topological polar surface area (TPSA) is 83.3 Å². The number of rotatable bonds is 5. The monoisotopic (exact) mass is 367 g/mol. The molecule has 3 aromatic rings. The number of methoxy groups -OCH3 is 3. The Morgan fingerprint density at radius 1 is 0.963 bits per heavy atom. The molecule has 0 spiro atoms. The zero-order valence-corrected chi connectivity index (χ0v) is 15.4. The van der Waals surface area contributed by atoms with Gasteiger partial charge in [0.25, 0.3) is 0 Å². The van der Waals surface area contributed by atoms with E-state index in [9.17, 15) is 0 Å². The molecule has 2 heterocycles. The summed E-state index contributed by atoms with van der Waals surface area (Å²) in [7, 11) is 4.82. The van der Waals surface area contributed by atoms with E-state index in [-0.39, 0.29) is 12.1 Å². The van der Waals surface area contributed by atoms with E-state index in [0.29, 0.717) is 23.2 Å². The van der Waals surface area contributed by atoms with Crippen LogP contribution >= 0.6 is 0 Å². The van der Waals surface area contributed by atoms with Gasteiger partial charge in [0.15, 0.2) is 11.5 Å². The lowest BCUT2D eigenvalue weighted by Crippen LogP contribution is -2.28. The molecular weight excluding hydrogens is 346 g/mol. The van der Waals surface area contributed by atoms with Crippen molar-refractivity contribution in [2.24, 2.45) is 0 Å². The van der Waals surface area contributed by atoms with Crippen molar-refractivity contribution < 1.29 is 14.2 Å². The molecule has 0 unspecified atom stereocenters. The van der Waals surface area contributed by atoms with Crippen LogP contribution in [0.1, 0.15) is 29.6 Å². The van der Waals surface area contributed by atoms with Crippen LogP contribution < -0.4 is 19.5 Å². The number of hydrogen-bond donors (Lipinski definition) is 1. The van der Waals surface area contributed by atoms with Gasteiger partial charge >= 0.3 is 0 Å². The molecule has 0 bridgehead atoms. The van der Waals surface area contributed by atoms with Crippen LogP contribution in [-0.2, 0) is 0 Å². The summed E-state index contributed by atoms with van der Waals surface area (Å²) in [4.78, 5) is 0. The molecule has 140 valence electrons. The standard InChI is InChI=1S/C19H21N5O3/c1-25-16-10-9-13(17(26-2)18(16)27-3)15-11-14(12-7-5-4-6-8-12)20-19-21-22-23-24(15)19/h4-10,14-15H,11H2,1-3H3,(H,20,21,23)/t14-,15+/m1/s1. The van der Waals surface area contributed by atoms with Gasteiger partial charge in [-0.2, -0.15) is 0 Å². The Bertz CT molecular complexity index is 928. The number of nitrogens with zero attached hydrogens (tertiary/aromatic N) is 4. The Morgan fingerprint density at radius 2 is 1.74 bits per heavy atom. The Morgan fingerprint density at radius 3 is 2.44 bits per heavy atom. The van der Waals surface area contributed by atoms with Crippen LogP contribution in [0.3, 0.4) is 0 Å². The molecule has 0 radical (unpaired) electrons. The summed E-state index contributed by atoms with van der Waals surface area (Å²) >= 11 is 0. The molecule has 8 nitrogen and oxygen atoms in total. The maximum Gasteiger partial charge on any atom is 0.243 e. The summed E-state index contributed by atoms with van der Waals surface area (Å²) in [6, 6.07) is 14.1. The van der Waals surface area contributed by atoms with Crippen LogP contribution in [0.2, 0.25) is 0 Å². The van der Waals surface area contributed by atoms with E-state index in [4.69, 9.17) is 14.2 Å². The van der Waals surface area contributed by atoms with E-state index in [0.717, 1.165) is 12.0 Å². The number of hydrogen-bond acceptors (Lipinski definition) is 7. The Kier molecular flexibility index (Phi) is 4.53. The molecule has 2 atom stereocenters. The van der Waals surface area contributed by atoms with Crippen molar-refractivity contribution in [2.45, 2.75) is 18.5 Å². The van der Waals surface area contributed by atoms with Gasteiger partial charge in [0.05, 0.1) is 33.4 Å². The highest BCUT2D eigenvalue weighted by Crippen LogP contribution is 2.46. The van der Waals surface area contributed by atoms with Gasteiger partial charge in [-0.25, -0.2) is 4.68 Å². The van der Waals surface area contributed by atoms with E-state index < -0.39 is 0 Å². The predicted octanol–water partition coefficient (Wildman–Crippen LogP) is 2.85. The van der Waals surface area contributed by atoms with Crippen molar-refractivity contribution in [3.63, 3.8) is 0 Å². The highest BCUT2D eigenvalue weighted by molar-refractivity contribution is 5.57. The first kappa shape index (κ1) is 17.1. The Hall–Kier alpha value is -3.29. The third-order valence-corrected chi connectivity index (χ3v) is 4.85. The molecule has 1 aromatic heterocycles. The third kappa shape index (κ3) is 2.92. The largest absolute Gasteiger partial charge is 0.493 e. The SMILES string of the molecule is COc1ccc([C@@H]2C[C@H](c3ccccc3)Nc3nnnn32)c(OC)c1OC. The average Bonchev–Trinajstić information content (AvgIpc) is 3.21. The Labute approximate surface area is 157 Å². The summed E-state index contributed by atoms with van der Waals surface area (Å²) in [6.07, 6.45) is 0.758. The maximum absolute atomic E-state index is 5.69. The second-order valence-corrected chi connectivity index (χ2v) is 6.23. The molecule has 0 saturated heterocycles. The minimum Gasteiger partial charge on any atom is -0.493 e. The highest BCUT2D eigenvalue weighted by atomic mass is 16.5. The lowest BCUT2D eigenvalue weighted by Gasteiger charge is -2.32. The molecular formula is C19H21N5O3. The minimum absolute atomic E-state index is 0.0764. The van der Waals surface area contributed by atoms with Gasteiger partial charge in [-0.1, -0.05) is 35.4 Å². The lowest BCUT2D eigenvalue weighted by molar-refractivity contribution is 0.315. The van der Waals surface area contributed by atoms with Gasteiger partial charge in [0, 0.05) is 5.56 Å². The summed E-state index contributed by atoms with van der Waals surface area (Å²) in [5.74, 6) is 2.42. The van der Waals surface area contributed by atoms with Gasteiger partial charge in [0.1, 0.15) is 0 Å². The van der Waals surface area contributed by atoms with E-state index >= 15 is 0 Å². The zero-order chi connectivity index (χ0) is 18.8. The molecule has 2 aromatic carbocycles. The van der Waals surface area contributed by atoms with E-state index in [1.54, 1.807) is 26.0 Å². The second-order valence-electron chi connectivity index (χ2n) is 6.23. The van der Waals surface area contributed by atoms with Crippen molar-refractivity contribution in [3.05, 3.63) is 53.6 Å². The molecule has 1 aliphatic heterocycles.